The van der Waals surface area contributed by atoms with Gasteiger partial charge >= 0.3 is 0 Å². The summed E-state index contributed by atoms with van der Waals surface area (Å²) in [7, 11) is 0. The van der Waals surface area contributed by atoms with Crippen LogP contribution in [0, 0.1) is 17.8 Å². The lowest BCUT2D eigenvalue weighted by atomic mass is 9.88. The van der Waals surface area contributed by atoms with Gasteiger partial charge in [-0.25, -0.2) is 0 Å². The first kappa shape index (κ1) is 12.9. The SMILES string of the molecule is O=C(NCCC(=O)N1CCCC1)C1CC2CCC1C2. The minimum Gasteiger partial charge on any atom is -0.355 e. The van der Waals surface area contributed by atoms with Crippen molar-refractivity contribution in [2.24, 2.45) is 17.8 Å². The van der Waals surface area contributed by atoms with E-state index >= 15 is 0 Å². The lowest BCUT2D eigenvalue weighted by Gasteiger charge is -2.21. The molecule has 3 fully saturated rings. The molecule has 4 nitrogen and oxygen atoms in total. The van der Waals surface area contributed by atoms with Crippen molar-refractivity contribution in [3.8, 4) is 0 Å². The number of carbonyl (C=O) groups is 2. The second kappa shape index (κ2) is 5.51. The quantitative estimate of drug-likeness (QED) is 0.837. The van der Waals surface area contributed by atoms with Gasteiger partial charge in [-0.1, -0.05) is 6.42 Å². The van der Waals surface area contributed by atoms with Crippen LogP contribution in [0.15, 0.2) is 0 Å². The third kappa shape index (κ3) is 2.77. The van der Waals surface area contributed by atoms with Crippen molar-refractivity contribution in [2.45, 2.75) is 44.9 Å². The third-order valence-electron chi connectivity index (χ3n) is 5.17. The standard InChI is InChI=1S/C15H24N2O2/c18-14(17-7-1-2-8-17)5-6-16-15(19)13-10-11-3-4-12(13)9-11/h11-13H,1-10H2,(H,16,19). The predicted molar refractivity (Wildman–Crippen MR) is 72.4 cm³/mol. The van der Waals surface area contributed by atoms with Crippen LogP contribution in [0.5, 0.6) is 0 Å². The molecule has 106 valence electrons. The van der Waals surface area contributed by atoms with E-state index in [1.165, 1.54) is 19.3 Å². The molecule has 1 heterocycles. The van der Waals surface area contributed by atoms with E-state index in [9.17, 15) is 9.59 Å². The Bertz CT molecular complexity index is 363. The fourth-order valence-electron chi connectivity index (χ4n) is 4.11. The fraction of sp³-hybridized carbons (Fsp3) is 0.867. The highest BCUT2D eigenvalue weighted by molar-refractivity contribution is 5.81. The van der Waals surface area contributed by atoms with Gasteiger partial charge in [0.05, 0.1) is 0 Å². The average molecular weight is 264 g/mol. The number of amides is 2. The van der Waals surface area contributed by atoms with Crippen LogP contribution in [-0.2, 0) is 9.59 Å². The average Bonchev–Trinajstić information content (AvgIpc) is 3.14. The molecule has 3 unspecified atom stereocenters. The maximum absolute atomic E-state index is 12.1. The van der Waals surface area contributed by atoms with Gasteiger partial charge in [0.1, 0.15) is 0 Å². The Balaban J connectivity index is 1.38. The molecule has 1 saturated heterocycles. The summed E-state index contributed by atoms with van der Waals surface area (Å²) in [6, 6.07) is 0. The summed E-state index contributed by atoms with van der Waals surface area (Å²) in [4.78, 5) is 25.9. The fourth-order valence-corrected chi connectivity index (χ4v) is 4.11. The Hall–Kier alpha value is -1.06. The Labute approximate surface area is 114 Å². The van der Waals surface area contributed by atoms with Crippen molar-refractivity contribution in [1.29, 1.82) is 0 Å². The van der Waals surface area contributed by atoms with Gasteiger partial charge in [-0.15, -0.1) is 0 Å². The Morgan fingerprint density at radius 1 is 1.11 bits per heavy atom. The first-order valence-electron chi connectivity index (χ1n) is 7.79. The van der Waals surface area contributed by atoms with Gasteiger partial charge in [0.2, 0.25) is 11.8 Å². The zero-order valence-electron chi connectivity index (χ0n) is 11.6. The van der Waals surface area contributed by atoms with Crippen LogP contribution in [0.2, 0.25) is 0 Å². The minimum atomic E-state index is 0.196. The predicted octanol–water partition coefficient (Wildman–Crippen LogP) is 1.55. The first-order chi connectivity index (χ1) is 9.24. The maximum Gasteiger partial charge on any atom is 0.224 e. The Morgan fingerprint density at radius 3 is 2.53 bits per heavy atom. The van der Waals surface area contributed by atoms with E-state index < -0.39 is 0 Å². The number of fused-ring (bicyclic) bond motifs is 2. The zero-order valence-corrected chi connectivity index (χ0v) is 11.6. The van der Waals surface area contributed by atoms with Crippen molar-refractivity contribution >= 4 is 11.8 Å². The number of hydrogen-bond donors (Lipinski definition) is 1. The van der Waals surface area contributed by atoms with Gasteiger partial charge in [-0.3, -0.25) is 9.59 Å². The van der Waals surface area contributed by atoms with Crippen LogP contribution < -0.4 is 5.32 Å². The van der Waals surface area contributed by atoms with Crippen LogP contribution in [0.1, 0.15) is 44.9 Å². The Morgan fingerprint density at radius 2 is 1.89 bits per heavy atom. The highest BCUT2D eigenvalue weighted by atomic mass is 16.2. The van der Waals surface area contributed by atoms with Crippen LogP contribution in [-0.4, -0.2) is 36.3 Å². The number of rotatable bonds is 4. The molecule has 4 heteroatoms. The molecule has 2 saturated carbocycles. The summed E-state index contributed by atoms with van der Waals surface area (Å²) in [6.45, 7) is 2.32. The summed E-state index contributed by atoms with van der Waals surface area (Å²) in [5.41, 5.74) is 0. The largest absolute Gasteiger partial charge is 0.355 e. The molecular weight excluding hydrogens is 240 g/mol. The molecule has 0 aromatic rings. The van der Waals surface area contributed by atoms with Gasteiger partial charge in [-0.2, -0.15) is 0 Å². The topological polar surface area (TPSA) is 49.4 Å². The van der Waals surface area contributed by atoms with Crippen molar-refractivity contribution in [3.05, 3.63) is 0 Å². The summed E-state index contributed by atoms with van der Waals surface area (Å²) in [5.74, 6) is 2.05. The molecule has 0 aromatic heterocycles. The number of nitrogens with zero attached hydrogens (tertiary/aromatic N) is 1. The normalized spacial score (nSPS) is 32.8. The molecule has 19 heavy (non-hydrogen) atoms. The summed E-state index contributed by atoms with van der Waals surface area (Å²) >= 11 is 0. The first-order valence-corrected chi connectivity index (χ1v) is 7.79. The van der Waals surface area contributed by atoms with Crippen LogP contribution in [0.25, 0.3) is 0 Å². The monoisotopic (exact) mass is 264 g/mol. The summed E-state index contributed by atoms with van der Waals surface area (Å²) in [6.07, 6.45) is 7.61. The molecule has 0 spiro atoms. The van der Waals surface area contributed by atoms with Crippen molar-refractivity contribution in [2.75, 3.05) is 19.6 Å². The van der Waals surface area contributed by atoms with E-state index in [-0.39, 0.29) is 17.7 Å². The van der Waals surface area contributed by atoms with Crippen LogP contribution >= 0.6 is 0 Å². The van der Waals surface area contributed by atoms with E-state index in [1.54, 1.807) is 0 Å². The van der Waals surface area contributed by atoms with Crippen molar-refractivity contribution in [1.82, 2.24) is 10.2 Å². The van der Waals surface area contributed by atoms with E-state index in [1.807, 2.05) is 4.90 Å². The second-order valence-electron chi connectivity index (χ2n) is 6.41. The molecule has 3 atom stereocenters. The van der Waals surface area contributed by atoms with Gasteiger partial charge in [-0.05, 0) is 43.9 Å². The number of carbonyl (C=O) groups excluding carboxylic acids is 2. The van der Waals surface area contributed by atoms with Gasteiger partial charge in [0.25, 0.3) is 0 Å². The minimum absolute atomic E-state index is 0.196. The summed E-state index contributed by atoms with van der Waals surface area (Å²) in [5, 5.41) is 2.98. The highest BCUT2D eigenvalue weighted by Crippen LogP contribution is 2.48. The van der Waals surface area contributed by atoms with E-state index in [0.717, 1.165) is 38.3 Å². The number of likely N-dealkylation sites (tertiary alicyclic amines) is 1. The molecule has 2 amide bonds. The number of nitrogens with one attached hydrogen (secondary N) is 1. The molecule has 2 bridgehead atoms. The third-order valence-corrected chi connectivity index (χ3v) is 5.17. The Kier molecular flexibility index (Phi) is 3.76. The highest BCUT2D eigenvalue weighted by Gasteiger charge is 2.42. The molecule has 3 aliphatic rings. The molecule has 0 radical (unpaired) electrons. The molecule has 1 aliphatic heterocycles. The van der Waals surface area contributed by atoms with Crippen molar-refractivity contribution in [3.63, 3.8) is 0 Å². The van der Waals surface area contributed by atoms with Crippen LogP contribution in [0.4, 0.5) is 0 Å². The maximum atomic E-state index is 12.1. The lowest BCUT2D eigenvalue weighted by Crippen LogP contribution is -2.37. The lowest BCUT2D eigenvalue weighted by molar-refractivity contribution is -0.130. The van der Waals surface area contributed by atoms with Gasteiger partial charge in [0.15, 0.2) is 0 Å². The molecular formula is C15H24N2O2. The van der Waals surface area contributed by atoms with Crippen LogP contribution in [0.3, 0.4) is 0 Å². The van der Waals surface area contributed by atoms with E-state index in [2.05, 4.69) is 5.32 Å². The molecule has 1 N–H and O–H groups in total. The molecule has 2 aliphatic carbocycles. The van der Waals surface area contributed by atoms with Gasteiger partial charge < -0.3 is 10.2 Å². The van der Waals surface area contributed by atoms with Crippen molar-refractivity contribution < 1.29 is 9.59 Å². The molecule has 3 rings (SSSR count). The van der Waals surface area contributed by atoms with E-state index in [4.69, 9.17) is 0 Å². The number of hydrogen-bond acceptors (Lipinski definition) is 2. The smallest absolute Gasteiger partial charge is 0.224 e. The second-order valence-corrected chi connectivity index (χ2v) is 6.41. The summed E-state index contributed by atoms with van der Waals surface area (Å²) < 4.78 is 0. The van der Waals surface area contributed by atoms with Gasteiger partial charge in [0, 0.05) is 32.0 Å². The zero-order chi connectivity index (χ0) is 13.2. The van der Waals surface area contributed by atoms with E-state index in [0.29, 0.717) is 18.9 Å². The molecule has 0 aromatic carbocycles.